The summed E-state index contributed by atoms with van der Waals surface area (Å²) in [6.45, 7) is 0.957. The number of aliphatic hydroxyl groups excluding tert-OH is 1. The van der Waals surface area contributed by atoms with Crippen LogP contribution in [0.2, 0.25) is 0 Å². The van der Waals surface area contributed by atoms with Crippen LogP contribution in [-0.2, 0) is 0 Å². The van der Waals surface area contributed by atoms with Crippen LogP contribution >= 0.6 is 11.8 Å². The molecular weight excluding hydrogens is 170 g/mol. The second-order valence-corrected chi connectivity index (χ2v) is 3.01. The third kappa shape index (κ3) is 1.60. The van der Waals surface area contributed by atoms with Gasteiger partial charge in [0.25, 0.3) is 0 Å². The second-order valence-electron chi connectivity index (χ2n) is 2.17. The van der Waals surface area contributed by atoms with Gasteiger partial charge in [-0.3, -0.25) is 0 Å². The van der Waals surface area contributed by atoms with Crippen LogP contribution in [0.3, 0.4) is 0 Å². The fourth-order valence-electron chi connectivity index (χ4n) is 0.945. The predicted octanol–water partition coefficient (Wildman–Crippen LogP) is 2.16. The third-order valence-corrected chi connectivity index (χ3v) is 2.31. The van der Waals surface area contributed by atoms with Crippen molar-refractivity contribution in [2.24, 2.45) is 0 Å². The van der Waals surface area contributed by atoms with Gasteiger partial charge in [0.15, 0.2) is 0 Å². The molecule has 1 N–H and O–H groups in total. The number of aliphatic hydroxyl groups is 1. The molecular formula is C9H8NOS. The van der Waals surface area contributed by atoms with E-state index in [1.807, 2.05) is 18.4 Å². The molecule has 0 fully saturated rings. The van der Waals surface area contributed by atoms with Gasteiger partial charge in [-0.15, -0.1) is 11.8 Å². The quantitative estimate of drug-likeness (QED) is 0.706. The summed E-state index contributed by atoms with van der Waals surface area (Å²) >= 11 is 1.50. The van der Waals surface area contributed by atoms with E-state index in [1.54, 1.807) is 6.07 Å². The lowest BCUT2D eigenvalue weighted by molar-refractivity contribution is 0.414. The Morgan fingerprint density at radius 3 is 2.83 bits per heavy atom. The van der Waals surface area contributed by atoms with E-state index in [9.17, 15) is 0 Å². The van der Waals surface area contributed by atoms with Gasteiger partial charge in [0.2, 0.25) is 0 Å². The largest absolute Gasteiger partial charge is 0.385 e. The Balaban J connectivity index is 3.25. The fraction of sp³-hybridized carbons (Fsp3) is 0.111. The molecule has 0 saturated heterocycles. The molecule has 61 valence electrons. The van der Waals surface area contributed by atoms with Crippen LogP contribution in [0.15, 0.2) is 23.1 Å². The lowest BCUT2D eigenvalue weighted by Crippen LogP contribution is -1.89. The van der Waals surface area contributed by atoms with Crippen molar-refractivity contribution in [2.75, 3.05) is 6.26 Å². The summed E-state index contributed by atoms with van der Waals surface area (Å²) in [5.41, 5.74) is 1.11. The number of nitriles is 1. The molecule has 0 amide bonds. The van der Waals surface area contributed by atoms with Gasteiger partial charge in [0.05, 0.1) is 5.56 Å². The van der Waals surface area contributed by atoms with E-state index in [0.717, 1.165) is 11.5 Å². The van der Waals surface area contributed by atoms with Gasteiger partial charge >= 0.3 is 0 Å². The molecule has 0 unspecified atom stereocenters. The van der Waals surface area contributed by atoms with E-state index in [4.69, 9.17) is 10.4 Å². The number of thioether (sulfide) groups is 1. The maximum Gasteiger partial charge on any atom is 0.110 e. The van der Waals surface area contributed by atoms with Gasteiger partial charge in [-0.05, 0) is 12.3 Å². The van der Waals surface area contributed by atoms with E-state index in [0.29, 0.717) is 11.1 Å². The molecule has 1 rings (SSSR count). The first kappa shape index (κ1) is 9.11. The van der Waals surface area contributed by atoms with Crippen molar-refractivity contribution in [1.82, 2.24) is 0 Å². The Kier molecular flexibility index (Phi) is 3.15. The second kappa shape index (κ2) is 4.15. The van der Waals surface area contributed by atoms with Crippen molar-refractivity contribution in [1.29, 1.82) is 5.26 Å². The van der Waals surface area contributed by atoms with Crippen molar-refractivity contribution in [3.05, 3.63) is 35.9 Å². The normalized spacial score (nSPS) is 9.42. The van der Waals surface area contributed by atoms with Crippen LogP contribution < -0.4 is 0 Å². The monoisotopic (exact) mass is 178 g/mol. The number of hydrogen-bond donors (Lipinski definition) is 1. The Hall–Kier alpha value is -0.980. The van der Waals surface area contributed by atoms with Gasteiger partial charge < -0.3 is 5.11 Å². The van der Waals surface area contributed by atoms with Crippen LogP contribution in [0, 0.1) is 17.9 Å². The van der Waals surface area contributed by atoms with E-state index in [1.165, 1.54) is 11.8 Å². The lowest BCUT2D eigenvalue weighted by Gasteiger charge is -2.03. The first-order chi connectivity index (χ1) is 5.83. The standard InChI is InChI=1S/C9H8NOS/c1-12-9-4-2-3-7(6-11)8(9)5-10/h2-4,6,11H,1H3. The van der Waals surface area contributed by atoms with Gasteiger partial charge in [-0.1, -0.05) is 12.1 Å². The molecule has 0 spiro atoms. The zero-order valence-electron chi connectivity index (χ0n) is 6.61. The zero-order valence-corrected chi connectivity index (χ0v) is 7.43. The molecule has 1 aromatic rings. The SMILES string of the molecule is CSc1cccc([CH]O)c1C#N. The molecule has 2 nitrogen and oxygen atoms in total. The van der Waals surface area contributed by atoms with Crippen molar-refractivity contribution in [2.45, 2.75) is 4.90 Å². The first-order valence-electron chi connectivity index (χ1n) is 3.38. The Bertz CT molecular complexity index is 295. The summed E-state index contributed by atoms with van der Waals surface area (Å²) in [6, 6.07) is 7.43. The van der Waals surface area contributed by atoms with Gasteiger partial charge in [0.1, 0.15) is 12.7 Å². The third-order valence-electron chi connectivity index (χ3n) is 1.53. The number of benzene rings is 1. The highest BCUT2D eigenvalue weighted by molar-refractivity contribution is 7.98. The van der Waals surface area contributed by atoms with Gasteiger partial charge in [0, 0.05) is 10.5 Å². The van der Waals surface area contributed by atoms with Gasteiger partial charge in [-0.2, -0.15) is 5.26 Å². The Morgan fingerprint density at radius 2 is 2.33 bits per heavy atom. The first-order valence-corrected chi connectivity index (χ1v) is 4.60. The molecule has 0 bridgehead atoms. The van der Waals surface area contributed by atoms with Crippen molar-refractivity contribution < 1.29 is 5.11 Å². The molecule has 3 heteroatoms. The average Bonchev–Trinajstić information content (AvgIpc) is 2.16. The highest BCUT2D eigenvalue weighted by atomic mass is 32.2. The maximum atomic E-state index is 8.78. The van der Waals surface area contributed by atoms with Crippen molar-refractivity contribution >= 4 is 11.8 Å². The highest BCUT2D eigenvalue weighted by Gasteiger charge is 2.05. The lowest BCUT2D eigenvalue weighted by atomic mass is 10.1. The molecule has 0 aliphatic heterocycles. The van der Waals surface area contributed by atoms with Crippen LogP contribution in [0.25, 0.3) is 0 Å². The molecule has 0 aromatic heterocycles. The predicted molar refractivity (Wildman–Crippen MR) is 48.3 cm³/mol. The van der Waals surface area contributed by atoms with Crippen LogP contribution in [0.4, 0.5) is 0 Å². The summed E-state index contributed by atoms with van der Waals surface area (Å²) in [6.07, 6.45) is 1.90. The minimum Gasteiger partial charge on any atom is -0.385 e. The molecule has 12 heavy (non-hydrogen) atoms. The minimum atomic E-state index is 0.535. The molecule has 1 aromatic carbocycles. The minimum absolute atomic E-state index is 0.535. The fourth-order valence-corrected chi connectivity index (χ4v) is 1.53. The number of rotatable bonds is 2. The van der Waals surface area contributed by atoms with E-state index < -0.39 is 0 Å². The smallest absolute Gasteiger partial charge is 0.110 e. The highest BCUT2D eigenvalue weighted by Crippen LogP contribution is 2.22. The zero-order chi connectivity index (χ0) is 8.97. The topological polar surface area (TPSA) is 44.0 Å². The van der Waals surface area contributed by atoms with E-state index in [-0.39, 0.29) is 0 Å². The summed E-state index contributed by atoms with van der Waals surface area (Å²) in [5, 5.41) is 17.6. The van der Waals surface area contributed by atoms with Crippen LogP contribution in [0.1, 0.15) is 11.1 Å². The Labute approximate surface area is 75.8 Å². The molecule has 1 radical (unpaired) electrons. The summed E-state index contributed by atoms with van der Waals surface area (Å²) in [7, 11) is 0. The van der Waals surface area contributed by atoms with Crippen molar-refractivity contribution in [3.8, 4) is 6.07 Å². The summed E-state index contributed by atoms with van der Waals surface area (Å²) < 4.78 is 0. The molecule has 0 atom stereocenters. The number of hydrogen-bond acceptors (Lipinski definition) is 3. The Morgan fingerprint density at radius 1 is 1.58 bits per heavy atom. The molecule has 0 heterocycles. The maximum absolute atomic E-state index is 8.78. The average molecular weight is 178 g/mol. The summed E-state index contributed by atoms with van der Waals surface area (Å²) in [5.74, 6) is 0. The molecule has 0 aliphatic rings. The summed E-state index contributed by atoms with van der Waals surface area (Å²) in [4.78, 5) is 0.889. The molecule has 0 saturated carbocycles. The van der Waals surface area contributed by atoms with Crippen LogP contribution in [0.5, 0.6) is 0 Å². The van der Waals surface area contributed by atoms with E-state index in [2.05, 4.69) is 6.07 Å². The van der Waals surface area contributed by atoms with Crippen LogP contribution in [-0.4, -0.2) is 11.4 Å². The van der Waals surface area contributed by atoms with E-state index >= 15 is 0 Å². The van der Waals surface area contributed by atoms with Crippen molar-refractivity contribution in [3.63, 3.8) is 0 Å². The number of nitrogens with zero attached hydrogens (tertiary/aromatic N) is 1. The van der Waals surface area contributed by atoms with Gasteiger partial charge in [-0.25, -0.2) is 0 Å². The molecule has 0 aliphatic carbocycles.